The molecule has 1 amide bonds. The molecule has 1 N–H and O–H groups in total. The van der Waals surface area contributed by atoms with E-state index in [1.807, 2.05) is 35.9 Å². The minimum absolute atomic E-state index is 0.0434. The van der Waals surface area contributed by atoms with E-state index in [0.29, 0.717) is 5.56 Å². The maximum absolute atomic E-state index is 13.0. The van der Waals surface area contributed by atoms with E-state index in [2.05, 4.69) is 21.5 Å². The molecule has 3 atom stereocenters. The average Bonchev–Trinajstić information content (AvgIpc) is 3.37. The third kappa shape index (κ3) is 2.92. The molecular weight excluding hydrogens is 342 g/mol. The number of aliphatic hydroxyl groups excluding tert-OH is 1. The Kier molecular flexibility index (Phi) is 4.47. The van der Waals surface area contributed by atoms with Crippen LogP contribution in [0.4, 0.5) is 0 Å². The number of carbonyl (C=O) groups excluding carboxylic acids is 1. The first-order chi connectivity index (χ1) is 13.0. The summed E-state index contributed by atoms with van der Waals surface area (Å²) in [5, 5.41) is 10.8. The number of benzene rings is 1. The summed E-state index contributed by atoms with van der Waals surface area (Å²) in [6.45, 7) is 4.90. The van der Waals surface area contributed by atoms with Gasteiger partial charge in [0.2, 0.25) is 0 Å². The Labute approximate surface area is 158 Å². The molecule has 1 saturated carbocycles. The third-order valence-electron chi connectivity index (χ3n) is 5.77. The van der Waals surface area contributed by atoms with Crippen molar-refractivity contribution in [2.24, 2.45) is 0 Å². The van der Waals surface area contributed by atoms with Crippen LogP contribution in [0, 0.1) is 6.92 Å². The van der Waals surface area contributed by atoms with Gasteiger partial charge in [-0.1, -0.05) is 0 Å². The van der Waals surface area contributed by atoms with Gasteiger partial charge in [0, 0.05) is 31.5 Å². The zero-order valence-electron chi connectivity index (χ0n) is 15.9. The molecule has 0 bridgehead atoms. The lowest BCUT2D eigenvalue weighted by Gasteiger charge is -2.29. The van der Waals surface area contributed by atoms with Crippen LogP contribution in [0.15, 0.2) is 36.9 Å². The van der Waals surface area contributed by atoms with E-state index >= 15 is 0 Å². The molecule has 0 spiro atoms. The van der Waals surface area contributed by atoms with Crippen LogP contribution in [0.1, 0.15) is 42.0 Å². The predicted octanol–water partition coefficient (Wildman–Crippen LogP) is 2.40. The number of nitrogens with zero attached hydrogens (tertiary/aromatic N) is 5. The van der Waals surface area contributed by atoms with Gasteiger partial charge < -0.3 is 19.1 Å². The number of carbonyl (C=O) groups is 1. The number of likely N-dealkylation sites (N-methyl/N-ethyl adjacent to an activating group) is 1. The van der Waals surface area contributed by atoms with Crippen LogP contribution in [0.25, 0.3) is 11.0 Å². The van der Waals surface area contributed by atoms with Crippen molar-refractivity contribution in [3.05, 3.63) is 48.3 Å². The largest absolute Gasteiger partial charge is 0.389 e. The lowest BCUT2D eigenvalue weighted by atomic mass is 10.1. The maximum atomic E-state index is 13.0. The van der Waals surface area contributed by atoms with Crippen LogP contribution >= 0.6 is 0 Å². The standard InChI is InChI=1S/C20H25N5O2/c1-4-25-13(2)22-15-11-14(5-6-16(15)25)20(27)23(3)17-7-8-18(19(17)26)24-10-9-21-12-24/h5-6,9-12,17-19,26H,4,7-8H2,1-3H3/t17-,18-,19-/m1/s1. The van der Waals surface area contributed by atoms with Gasteiger partial charge in [-0.05, 0) is 44.9 Å². The second-order valence-electron chi connectivity index (χ2n) is 7.24. The summed E-state index contributed by atoms with van der Waals surface area (Å²) < 4.78 is 4.05. The first-order valence-electron chi connectivity index (χ1n) is 9.40. The molecule has 7 nitrogen and oxygen atoms in total. The van der Waals surface area contributed by atoms with Crippen molar-refractivity contribution in [1.29, 1.82) is 0 Å². The molecule has 3 aromatic rings. The van der Waals surface area contributed by atoms with Crippen LogP contribution in [0.2, 0.25) is 0 Å². The van der Waals surface area contributed by atoms with E-state index in [1.165, 1.54) is 0 Å². The maximum Gasteiger partial charge on any atom is 0.254 e. The number of imidazole rings is 2. The molecule has 142 valence electrons. The molecular formula is C20H25N5O2. The highest BCUT2D eigenvalue weighted by molar-refractivity contribution is 5.97. The summed E-state index contributed by atoms with van der Waals surface area (Å²) in [4.78, 5) is 23.3. The summed E-state index contributed by atoms with van der Waals surface area (Å²) in [6.07, 6.45) is 6.26. The fourth-order valence-corrected chi connectivity index (χ4v) is 4.29. The Hall–Kier alpha value is -2.67. The van der Waals surface area contributed by atoms with Gasteiger partial charge >= 0.3 is 0 Å². The molecule has 0 radical (unpaired) electrons. The minimum atomic E-state index is -0.613. The summed E-state index contributed by atoms with van der Waals surface area (Å²) in [6, 6.07) is 5.40. The molecule has 1 fully saturated rings. The normalized spacial score (nSPS) is 22.4. The monoisotopic (exact) mass is 367 g/mol. The van der Waals surface area contributed by atoms with E-state index in [-0.39, 0.29) is 18.0 Å². The number of hydrogen-bond acceptors (Lipinski definition) is 4. The number of amides is 1. The van der Waals surface area contributed by atoms with Gasteiger partial charge in [0.1, 0.15) is 5.82 Å². The first-order valence-corrected chi connectivity index (χ1v) is 9.40. The van der Waals surface area contributed by atoms with E-state index in [1.54, 1.807) is 24.5 Å². The molecule has 0 aliphatic heterocycles. The number of aryl methyl sites for hydroxylation is 2. The van der Waals surface area contributed by atoms with Crippen LogP contribution in [-0.2, 0) is 6.54 Å². The second-order valence-corrected chi connectivity index (χ2v) is 7.24. The van der Waals surface area contributed by atoms with Crippen molar-refractivity contribution in [3.8, 4) is 0 Å². The van der Waals surface area contributed by atoms with Gasteiger partial charge in [0.25, 0.3) is 5.91 Å². The minimum Gasteiger partial charge on any atom is -0.389 e. The SMILES string of the molecule is CCn1c(C)nc2cc(C(=O)N(C)[C@@H]3CC[C@@H](n4ccnc4)[C@@H]3O)ccc21. The van der Waals surface area contributed by atoms with E-state index in [0.717, 1.165) is 36.2 Å². The summed E-state index contributed by atoms with van der Waals surface area (Å²) in [5.74, 6) is 0.857. The average molecular weight is 367 g/mol. The number of fused-ring (bicyclic) bond motifs is 1. The number of hydrogen-bond donors (Lipinski definition) is 1. The highest BCUT2D eigenvalue weighted by Gasteiger charge is 2.39. The van der Waals surface area contributed by atoms with Gasteiger partial charge in [-0.2, -0.15) is 0 Å². The van der Waals surface area contributed by atoms with Gasteiger partial charge in [0.05, 0.1) is 35.5 Å². The Bertz CT molecular complexity index is 962. The molecule has 27 heavy (non-hydrogen) atoms. The fraction of sp³-hybridized carbons (Fsp3) is 0.450. The number of aliphatic hydroxyl groups is 1. The first kappa shape index (κ1) is 17.7. The van der Waals surface area contributed by atoms with E-state index in [4.69, 9.17) is 0 Å². The second kappa shape index (κ2) is 6.81. The Morgan fingerprint density at radius 2 is 2.19 bits per heavy atom. The smallest absolute Gasteiger partial charge is 0.254 e. The molecule has 7 heteroatoms. The number of rotatable bonds is 4. The molecule has 1 aliphatic rings. The predicted molar refractivity (Wildman–Crippen MR) is 103 cm³/mol. The van der Waals surface area contributed by atoms with Gasteiger partial charge in [-0.25, -0.2) is 9.97 Å². The molecule has 0 saturated heterocycles. The van der Waals surface area contributed by atoms with Crippen LogP contribution in [0.3, 0.4) is 0 Å². The zero-order chi connectivity index (χ0) is 19.1. The summed E-state index contributed by atoms with van der Waals surface area (Å²) in [7, 11) is 1.77. The fourth-order valence-electron chi connectivity index (χ4n) is 4.29. The highest BCUT2D eigenvalue weighted by atomic mass is 16.3. The Balaban J connectivity index is 1.56. The highest BCUT2D eigenvalue weighted by Crippen LogP contribution is 2.33. The molecule has 4 rings (SSSR count). The topological polar surface area (TPSA) is 76.2 Å². The number of aromatic nitrogens is 4. The van der Waals surface area contributed by atoms with Crippen LogP contribution < -0.4 is 0 Å². The third-order valence-corrected chi connectivity index (χ3v) is 5.77. The Morgan fingerprint density at radius 3 is 2.89 bits per heavy atom. The van der Waals surface area contributed by atoms with Crippen molar-refractivity contribution < 1.29 is 9.90 Å². The summed E-state index contributed by atoms with van der Waals surface area (Å²) in [5.41, 5.74) is 2.47. The van der Waals surface area contributed by atoms with Gasteiger partial charge in [-0.15, -0.1) is 0 Å². The molecule has 2 heterocycles. The molecule has 2 aromatic heterocycles. The molecule has 1 aliphatic carbocycles. The quantitative estimate of drug-likeness (QED) is 0.768. The molecule has 1 aromatic carbocycles. The zero-order valence-corrected chi connectivity index (χ0v) is 15.9. The van der Waals surface area contributed by atoms with Crippen molar-refractivity contribution in [1.82, 2.24) is 24.0 Å². The van der Waals surface area contributed by atoms with Crippen molar-refractivity contribution in [3.63, 3.8) is 0 Å². The van der Waals surface area contributed by atoms with E-state index < -0.39 is 6.10 Å². The Morgan fingerprint density at radius 1 is 1.37 bits per heavy atom. The van der Waals surface area contributed by atoms with Crippen molar-refractivity contribution in [2.75, 3.05) is 7.05 Å². The van der Waals surface area contributed by atoms with Crippen molar-refractivity contribution in [2.45, 2.75) is 51.4 Å². The van der Waals surface area contributed by atoms with E-state index in [9.17, 15) is 9.90 Å². The van der Waals surface area contributed by atoms with Gasteiger partial charge in [-0.3, -0.25) is 4.79 Å². The lowest BCUT2D eigenvalue weighted by Crippen LogP contribution is -2.43. The van der Waals surface area contributed by atoms with Crippen LogP contribution in [-0.4, -0.2) is 54.2 Å². The lowest BCUT2D eigenvalue weighted by molar-refractivity contribution is 0.0443. The van der Waals surface area contributed by atoms with Crippen LogP contribution in [0.5, 0.6) is 0 Å². The summed E-state index contributed by atoms with van der Waals surface area (Å²) >= 11 is 0. The van der Waals surface area contributed by atoms with Gasteiger partial charge in [0.15, 0.2) is 0 Å². The van der Waals surface area contributed by atoms with Crippen molar-refractivity contribution >= 4 is 16.9 Å². The molecule has 0 unspecified atom stereocenters.